The highest BCUT2D eigenvalue weighted by Gasteiger charge is 2.10. The van der Waals surface area contributed by atoms with E-state index in [4.69, 9.17) is 10.8 Å². The summed E-state index contributed by atoms with van der Waals surface area (Å²) in [6.07, 6.45) is 0. The van der Waals surface area contributed by atoms with Crippen LogP contribution in [0.4, 0.5) is 14.5 Å². The van der Waals surface area contributed by atoms with Gasteiger partial charge in [0, 0.05) is 24.7 Å². The Morgan fingerprint density at radius 3 is 2.69 bits per heavy atom. The van der Waals surface area contributed by atoms with E-state index >= 15 is 0 Å². The van der Waals surface area contributed by atoms with Crippen molar-refractivity contribution in [3.63, 3.8) is 0 Å². The maximum Gasteiger partial charge on any atom is 0.167 e. The summed E-state index contributed by atoms with van der Waals surface area (Å²) in [6, 6.07) is 1.41. The smallest absolute Gasteiger partial charge is 0.167 e. The van der Waals surface area contributed by atoms with Crippen LogP contribution in [-0.2, 0) is 0 Å². The Labute approximate surface area is 92.0 Å². The quantitative estimate of drug-likeness (QED) is 0.699. The van der Waals surface area contributed by atoms with Crippen LogP contribution in [0.15, 0.2) is 12.1 Å². The van der Waals surface area contributed by atoms with Crippen molar-refractivity contribution in [2.75, 3.05) is 25.6 Å². The third-order valence-electron chi connectivity index (χ3n) is 2.03. The molecule has 1 aromatic rings. The predicted molar refractivity (Wildman–Crippen MR) is 56.5 cm³/mol. The van der Waals surface area contributed by atoms with Crippen LogP contribution in [0, 0.1) is 11.6 Å². The molecule has 0 saturated heterocycles. The highest BCUT2D eigenvalue weighted by atomic mass is 19.1. The summed E-state index contributed by atoms with van der Waals surface area (Å²) in [6.45, 7) is -0.0769. The summed E-state index contributed by atoms with van der Waals surface area (Å²) in [5, 5.41) is 11.3. The van der Waals surface area contributed by atoms with Crippen molar-refractivity contribution in [1.29, 1.82) is 0 Å². The summed E-state index contributed by atoms with van der Waals surface area (Å²) in [5.74, 6) is -1.46. The number of aliphatic hydroxyl groups is 1. The molecule has 0 bridgehead atoms. The van der Waals surface area contributed by atoms with Crippen molar-refractivity contribution in [2.45, 2.75) is 6.04 Å². The monoisotopic (exact) mass is 232 g/mol. The molecule has 0 saturated carbocycles. The molecule has 4 N–H and O–H groups in total. The second-order valence-electron chi connectivity index (χ2n) is 3.29. The molecular formula is C10H14F2N2O2. The molecule has 0 aliphatic carbocycles. The van der Waals surface area contributed by atoms with Crippen molar-refractivity contribution in [2.24, 2.45) is 5.73 Å². The van der Waals surface area contributed by atoms with E-state index in [0.717, 1.165) is 12.1 Å². The number of hydrogen-bond donors (Lipinski definition) is 3. The van der Waals surface area contributed by atoms with Gasteiger partial charge >= 0.3 is 0 Å². The second-order valence-corrected chi connectivity index (χ2v) is 3.29. The third kappa shape index (κ3) is 3.04. The number of nitrogens with two attached hydrogens (primary N) is 1. The van der Waals surface area contributed by atoms with E-state index in [1.165, 1.54) is 7.11 Å². The Hall–Kier alpha value is -1.40. The van der Waals surface area contributed by atoms with Gasteiger partial charge < -0.3 is 20.9 Å². The number of rotatable bonds is 5. The molecule has 0 aliphatic rings. The summed E-state index contributed by atoms with van der Waals surface area (Å²) < 4.78 is 31.2. The lowest BCUT2D eigenvalue weighted by Gasteiger charge is -2.12. The fraction of sp³-hybridized carbons (Fsp3) is 0.400. The number of benzene rings is 1. The molecule has 90 valence electrons. The maximum absolute atomic E-state index is 13.4. The summed E-state index contributed by atoms with van der Waals surface area (Å²) in [4.78, 5) is 0. The fourth-order valence-corrected chi connectivity index (χ4v) is 1.13. The fourth-order valence-electron chi connectivity index (χ4n) is 1.13. The van der Waals surface area contributed by atoms with Crippen LogP contribution >= 0.6 is 0 Å². The number of aliphatic hydroxyl groups excluding tert-OH is 1. The number of nitrogens with one attached hydrogen (secondary N) is 1. The normalized spacial score (nSPS) is 12.3. The molecule has 16 heavy (non-hydrogen) atoms. The van der Waals surface area contributed by atoms with Gasteiger partial charge in [-0.1, -0.05) is 0 Å². The molecule has 1 rings (SSSR count). The molecule has 1 unspecified atom stereocenters. The molecule has 0 aromatic heterocycles. The largest absolute Gasteiger partial charge is 0.494 e. The zero-order valence-electron chi connectivity index (χ0n) is 8.84. The average Bonchev–Trinajstić information content (AvgIpc) is 2.29. The SMILES string of the molecule is COc1cc(F)c(NCC(N)CO)cc1F. The molecule has 0 fully saturated rings. The molecular weight excluding hydrogens is 218 g/mol. The zero-order chi connectivity index (χ0) is 12.1. The minimum Gasteiger partial charge on any atom is -0.494 e. The second kappa shape index (κ2) is 5.62. The van der Waals surface area contributed by atoms with Gasteiger partial charge in [0.1, 0.15) is 5.82 Å². The summed E-state index contributed by atoms with van der Waals surface area (Å²) in [7, 11) is 1.26. The van der Waals surface area contributed by atoms with Gasteiger partial charge in [-0.3, -0.25) is 0 Å². The van der Waals surface area contributed by atoms with Crippen molar-refractivity contribution >= 4 is 5.69 Å². The van der Waals surface area contributed by atoms with E-state index < -0.39 is 17.7 Å². The topological polar surface area (TPSA) is 67.5 Å². The number of anilines is 1. The van der Waals surface area contributed by atoms with Crippen molar-refractivity contribution in [3.8, 4) is 5.75 Å². The molecule has 1 aromatic carbocycles. The molecule has 1 atom stereocenters. The minimum absolute atomic E-state index is 0.0119. The first-order valence-electron chi connectivity index (χ1n) is 4.71. The highest BCUT2D eigenvalue weighted by molar-refractivity contribution is 5.49. The average molecular weight is 232 g/mol. The van der Waals surface area contributed by atoms with Crippen molar-refractivity contribution in [1.82, 2.24) is 0 Å². The first-order valence-corrected chi connectivity index (χ1v) is 4.71. The zero-order valence-corrected chi connectivity index (χ0v) is 8.84. The number of ether oxygens (including phenoxy) is 1. The Balaban J connectivity index is 2.77. The van der Waals surface area contributed by atoms with E-state index in [9.17, 15) is 8.78 Å². The van der Waals surface area contributed by atoms with E-state index in [0.29, 0.717) is 0 Å². The predicted octanol–water partition coefficient (Wildman–Crippen LogP) is 0.705. The molecule has 0 aliphatic heterocycles. The van der Waals surface area contributed by atoms with Crippen LogP contribution in [0.2, 0.25) is 0 Å². The first kappa shape index (κ1) is 12.7. The van der Waals surface area contributed by atoms with Crippen LogP contribution < -0.4 is 15.8 Å². The third-order valence-corrected chi connectivity index (χ3v) is 2.03. The molecule has 6 heteroatoms. The van der Waals surface area contributed by atoms with Gasteiger partial charge in [-0.2, -0.15) is 0 Å². The van der Waals surface area contributed by atoms with Gasteiger partial charge in [0.2, 0.25) is 0 Å². The van der Waals surface area contributed by atoms with Gasteiger partial charge in [-0.25, -0.2) is 8.78 Å². The Kier molecular flexibility index (Phi) is 4.45. The van der Waals surface area contributed by atoms with Crippen molar-refractivity contribution in [3.05, 3.63) is 23.8 Å². The molecule has 0 spiro atoms. The van der Waals surface area contributed by atoms with Crippen LogP contribution in [0.3, 0.4) is 0 Å². The van der Waals surface area contributed by atoms with Gasteiger partial charge in [0.05, 0.1) is 19.4 Å². The highest BCUT2D eigenvalue weighted by Crippen LogP contribution is 2.24. The maximum atomic E-state index is 13.4. The Morgan fingerprint density at radius 2 is 2.12 bits per heavy atom. The number of methoxy groups -OCH3 is 1. The van der Waals surface area contributed by atoms with Crippen molar-refractivity contribution < 1.29 is 18.6 Å². The summed E-state index contributed by atoms with van der Waals surface area (Å²) in [5.41, 5.74) is 5.40. The van der Waals surface area contributed by atoms with Gasteiger partial charge in [-0.05, 0) is 0 Å². The van der Waals surface area contributed by atoms with E-state index in [-0.39, 0.29) is 24.6 Å². The Bertz CT molecular complexity index is 361. The van der Waals surface area contributed by atoms with Crippen LogP contribution in [0.25, 0.3) is 0 Å². The molecule has 4 nitrogen and oxygen atoms in total. The Morgan fingerprint density at radius 1 is 1.44 bits per heavy atom. The van der Waals surface area contributed by atoms with Gasteiger partial charge in [0.15, 0.2) is 11.6 Å². The van der Waals surface area contributed by atoms with Crippen LogP contribution in [0.1, 0.15) is 0 Å². The van der Waals surface area contributed by atoms with E-state index in [1.54, 1.807) is 0 Å². The van der Waals surface area contributed by atoms with Crippen LogP contribution in [0.5, 0.6) is 5.75 Å². The molecule has 0 heterocycles. The van der Waals surface area contributed by atoms with Gasteiger partial charge in [0.25, 0.3) is 0 Å². The summed E-state index contributed by atoms with van der Waals surface area (Å²) >= 11 is 0. The van der Waals surface area contributed by atoms with E-state index in [2.05, 4.69) is 10.1 Å². The van der Waals surface area contributed by atoms with Gasteiger partial charge in [-0.15, -0.1) is 0 Å². The number of halogens is 2. The molecule has 0 amide bonds. The minimum atomic E-state index is -0.663. The lowest BCUT2D eigenvalue weighted by Crippen LogP contribution is -2.32. The standard InChI is InChI=1S/C10H14F2N2O2/c1-16-10-3-7(11)9(2-8(10)12)14-4-6(13)5-15/h2-3,6,14-15H,4-5,13H2,1H3. The lowest BCUT2D eigenvalue weighted by molar-refractivity contribution is 0.270. The first-order chi connectivity index (χ1) is 7.58. The van der Waals surface area contributed by atoms with Crippen LogP contribution in [-0.4, -0.2) is 31.4 Å². The molecule has 0 radical (unpaired) electrons. The number of hydrogen-bond acceptors (Lipinski definition) is 4. The lowest BCUT2D eigenvalue weighted by atomic mass is 10.2. The van der Waals surface area contributed by atoms with E-state index in [1.807, 2.05) is 0 Å².